The Morgan fingerprint density at radius 2 is 2.20 bits per heavy atom. The number of epoxide rings is 1. The van der Waals surface area contributed by atoms with Crippen molar-refractivity contribution in [2.45, 2.75) is 39.6 Å². The average Bonchev–Trinajstić information content (AvgIpc) is 2.61. The van der Waals surface area contributed by atoms with Crippen molar-refractivity contribution in [2.75, 3.05) is 6.61 Å². The van der Waals surface area contributed by atoms with Crippen molar-refractivity contribution in [1.82, 2.24) is 0 Å². The van der Waals surface area contributed by atoms with Crippen molar-refractivity contribution >= 4 is 0 Å². The van der Waals surface area contributed by atoms with E-state index >= 15 is 0 Å². The fourth-order valence-electron chi connectivity index (χ4n) is 0.849. The summed E-state index contributed by atoms with van der Waals surface area (Å²) in [6.45, 7) is 7.22. The molecule has 0 bridgehead atoms. The van der Waals surface area contributed by atoms with E-state index in [1.807, 2.05) is 0 Å². The number of rotatable bonds is 4. The second-order valence-electron chi connectivity index (χ2n) is 3.18. The second-order valence-corrected chi connectivity index (χ2v) is 3.18. The molecule has 60 valence electrons. The molecule has 0 aromatic rings. The van der Waals surface area contributed by atoms with Gasteiger partial charge >= 0.3 is 0 Å². The molecule has 0 aromatic carbocycles. The van der Waals surface area contributed by atoms with Crippen LogP contribution in [0.1, 0.15) is 27.2 Å². The summed E-state index contributed by atoms with van der Waals surface area (Å²) in [6, 6.07) is 0. The van der Waals surface area contributed by atoms with Gasteiger partial charge in [-0.1, -0.05) is 20.8 Å². The van der Waals surface area contributed by atoms with Gasteiger partial charge in [0.05, 0.1) is 6.61 Å². The summed E-state index contributed by atoms with van der Waals surface area (Å²) in [5, 5.41) is 0. The first-order valence-corrected chi connectivity index (χ1v) is 4.01. The van der Waals surface area contributed by atoms with Gasteiger partial charge < -0.3 is 9.47 Å². The number of ether oxygens (including phenoxy) is 2. The molecule has 2 heteroatoms. The Bertz CT molecular complexity index is 101. The lowest BCUT2D eigenvalue weighted by atomic mass is 10.2. The van der Waals surface area contributed by atoms with E-state index in [9.17, 15) is 0 Å². The van der Waals surface area contributed by atoms with Crippen LogP contribution in [0.3, 0.4) is 0 Å². The molecule has 1 heterocycles. The molecule has 0 spiro atoms. The molecule has 1 aliphatic rings. The zero-order valence-corrected chi connectivity index (χ0v) is 6.96. The molecule has 0 aromatic heterocycles. The van der Waals surface area contributed by atoms with Gasteiger partial charge in [0.1, 0.15) is 6.10 Å². The predicted molar refractivity (Wildman–Crippen MR) is 39.7 cm³/mol. The fraction of sp³-hybridized carbons (Fsp3) is 1.00. The van der Waals surface area contributed by atoms with Crippen molar-refractivity contribution in [1.29, 1.82) is 0 Å². The molecule has 10 heavy (non-hydrogen) atoms. The van der Waals surface area contributed by atoms with Crippen LogP contribution in [0.2, 0.25) is 0 Å². The van der Waals surface area contributed by atoms with E-state index in [0.717, 1.165) is 13.0 Å². The highest BCUT2D eigenvalue weighted by Crippen LogP contribution is 2.26. The van der Waals surface area contributed by atoms with E-state index in [4.69, 9.17) is 9.47 Å². The Balaban J connectivity index is 1.96. The van der Waals surface area contributed by atoms with Crippen LogP contribution in [0.25, 0.3) is 0 Å². The van der Waals surface area contributed by atoms with E-state index < -0.39 is 0 Å². The summed E-state index contributed by atoms with van der Waals surface area (Å²) >= 11 is 0. The number of hydrogen-bond acceptors (Lipinski definition) is 2. The Hall–Kier alpha value is -0.0800. The minimum absolute atomic E-state index is 0.118. The van der Waals surface area contributed by atoms with Crippen LogP contribution in [0.5, 0.6) is 0 Å². The van der Waals surface area contributed by atoms with Crippen molar-refractivity contribution in [2.24, 2.45) is 5.92 Å². The molecule has 2 nitrogen and oxygen atoms in total. The summed E-state index contributed by atoms with van der Waals surface area (Å²) in [5.41, 5.74) is 0. The summed E-state index contributed by atoms with van der Waals surface area (Å²) in [7, 11) is 0. The molecule has 0 aliphatic carbocycles. The molecule has 1 fully saturated rings. The van der Waals surface area contributed by atoms with Gasteiger partial charge in [-0.15, -0.1) is 0 Å². The minimum atomic E-state index is 0.118. The molecule has 2 unspecified atom stereocenters. The Morgan fingerprint density at radius 1 is 1.50 bits per heavy atom. The molecule has 0 N–H and O–H groups in total. The second kappa shape index (κ2) is 3.35. The molecule has 2 atom stereocenters. The summed E-state index contributed by atoms with van der Waals surface area (Å²) in [6.07, 6.45) is 1.58. The van der Waals surface area contributed by atoms with Crippen LogP contribution in [-0.2, 0) is 9.47 Å². The van der Waals surface area contributed by atoms with Gasteiger partial charge in [-0.3, -0.25) is 0 Å². The lowest BCUT2D eigenvalue weighted by Gasteiger charge is -2.02. The molecule has 1 rings (SSSR count). The highest BCUT2D eigenvalue weighted by molar-refractivity contribution is 4.74. The van der Waals surface area contributed by atoms with Crippen LogP contribution in [0.15, 0.2) is 0 Å². The lowest BCUT2D eigenvalue weighted by molar-refractivity contribution is 0.0342. The number of hydrogen-bond donors (Lipinski definition) is 0. The van der Waals surface area contributed by atoms with Gasteiger partial charge in [0.2, 0.25) is 0 Å². The van der Waals surface area contributed by atoms with E-state index in [2.05, 4.69) is 20.8 Å². The third-order valence-corrected chi connectivity index (χ3v) is 1.53. The Kier molecular flexibility index (Phi) is 2.69. The monoisotopic (exact) mass is 144 g/mol. The van der Waals surface area contributed by atoms with Gasteiger partial charge in [-0.2, -0.15) is 0 Å². The Morgan fingerprint density at radius 3 is 2.60 bits per heavy atom. The summed E-state index contributed by atoms with van der Waals surface area (Å²) in [4.78, 5) is 0. The maximum atomic E-state index is 5.40. The topological polar surface area (TPSA) is 21.8 Å². The molecule has 1 aliphatic heterocycles. The third kappa shape index (κ3) is 2.27. The van der Waals surface area contributed by atoms with E-state index in [-0.39, 0.29) is 6.29 Å². The molecule has 0 radical (unpaired) electrons. The first-order valence-electron chi connectivity index (χ1n) is 4.01. The van der Waals surface area contributed by atoms with Gasteiger partial charge in [0.15, 0.2) is 6.29 Å². The standard InChI is InChI=1S/C8H16O2/c1-4-7-8(10-7)9-5-6(2)3/h6-8H,4-5H2,1-3H3. The van der Waals surface area contributed by atoms with Crippen molar-refractivity contribution in [3.8, 4) is 0 Å². The molecular weight excluding hydrogens is 128 g/mol. The van der Waals surface area contributed by atoms with Gasteiger partial charge in [0.25, 0.3) is 0 Å². The molecule has 0 amide bonds. The van der Waals surface area contributed by atoms with Crippen LogP contribution < -0.4 is 0 Å². The zero-order valence-electron chi connectivity index (χ0n) is 6.96. The Labute approximate surface area is 62.5 Å². The van der Waals surface area contributed by atoms with Crippen LogP contribution in [-0.4, -0.2) is 19.0 Å². The van der Waals surface area contributed by atoms with E-state index in [1.165, 1.54) is 0 Å². The first kappa shape index (κ1) is 8.02. The fourth-order valence-corrected chi connectivity index (χ4v) is 0.849. The molecule has 0 saturated carbocycles. The predicted octanol–water partition coefficient (Wildman–Crippen LogP) is 1.79. The largest absolute Gasteiger partial charge is 0.350 e. The van der Waals surface area contributed by atoms with Crippen molar-refractivity contribution < 1.29 is 9.47 Å². The van der Waals surface area contributed by atoms with E-state index in [1.54, 1.807) is 0 Å². The summed E-state index contributed by atoms with van der Waals surface area (Å²) in [5.74, 6) is 0.613. The van der Waals surface area contributed by atoms with Gasteiger partial charge in [-0.25, -0.2) is 0 Å². The average molecular weight is 144 g/mol. The zero-order chi connectivity index (χ0) is 7.56. The van der Waals surface area contributed by atoms with Crippen LogP contribution in [0, 0.1) is 5.92 Å². The molecule has 1 saturated heterocycles. The maximum Gasteiger partial charge on any atom is 0.184 e. The minimum Gasteiger partial charge on any atom is -0.350 e. The van der Waals surface area contributed by atoms with E-state index in [0.29, 0.717) is 12.0 Å². The van der Waals surface area contributed by atoms with Crippen molar-refractivity contribution in [3.05, 3.63) is 0 Å². The smallest absolute Gasteiger partial charge is 0.184 e. The SMILES string of the molecule is CCC1OC1OCC(C)C. The maximum absolute atomic E-state index is 5.40. The highest BCUT2D eigenvalue weighted by atomic mass is 16.8. The van der Waals surface area contributed by atoms with Gasteiger partial charge in [0, 0.05) is 0 Å². The summed E-state index contributed by atoms with van der Waals surface area (Å²) < 4.78 is 10.6. The van der Waals surface area contributed by atoms with Crippen molar-refractivity contribution in [3.63, 3.8) is 0 Å². The molecular formula is C8H16O2. The van der Waals surface area contributed by atoms with Gasteiger partial charge in [-0.05, 0) is 12.3 Å². The first-order chi connectivity index (χ1) is 4.74. The third-order valence-electron chi connectivity index (χ3n) is 1.53. The quantitative estimate of drug-likeness (QED) is 0.561. The van der Waals surface area contributed by atoms with Crippen LogP contribution in [0.4, 0.5) is 0 Å². The normalized spacial score (nSPS) is 31.2. The highest BCUT2D eigenvalue weighted by Gasteiger charge is 2.37. The van der Waals surface area contributed by atoms with Crippen LogP contribution >= 0.6 is 0 Å². The lowest BCUT2D eigenvalue weighted by Crippen LogP contribution is -2.06.